The van der Waals surface area contributed by atoms with E-state index >= 15 is 0 Å². The van der Waals surface area contributed by atoms with Crippen LogP contribution in [0.3, 0.4) is 0 Å². The van der Waals surface area contributed by atoms with Gasteiger partial charge in [-0.1, -0.05) is 40.7 Å². The van der Waals surface area contributed by atoms with E-state index in [0.29, 0.717) is 11.5 Å². The number of benzene rings is 1. The first-order chi connectivity index (χ1) is 12.6. The minimum Gasteiger partial charge on any atom is -0.387 e. The van der Waals surface area contributed by atoms with Gasteiger partial charge in [0, 0.05) is 17.7 Å². The van der Waals surface area contributed by atoms with E-state index in [2.05, 4.69) is 20.8 Å². The fraction of sp³-hybridized carbons (Fsp3) is 0.333. The number of carbonyl (C=O) groups is 1. The first-order valence-electron chi connectivity index (χ1n) is 8.53. The number of nitrogens with zero attached hydrogens (tertiary/aromatic N) is 4. The molecule has 0 aliphatic heterocycles. The Kier molecular flexibility index (Phi) is 4.26. The van der Waals surface area contributed by atoms with E-state index in [1.54, 1.807) is 23.9 Å². The third-order valence-electron chi connectivity index (χ3n) is 4.63. The first-order valence-corrected chi connectivity index (χ1v) is 8.53. The largest absolute Gasteiger partial charge is 0.387 e. The Labute approximate surface area is 149 Å². The van der Waals surface area contributed by atoms with Gasteiger partial charge in [-0.25, -0.2) is 4.68 Å². The standard InChI is InChI=1S/C18H19N5O3/c1-11(24)16-10-19-22-23(16)14-7-13(8-14)20-18(25)15-9-17(26-21-15)12-5-3-2-4-6-12/h2-6,9-11,13-14,24H,7-8H2,1H3,(H,20,25)/t11-,13?,14?/m0/s1. The highest BCUT2D eigenvalue weighted by Gasteiger charge is 2.34. The van der Waals surface area contributed by atoms with Crippen molar-refractivity contribution in [1.29, 1.82) is 0 Å². The predicted octanol–water partition coefficient (Wildman–Crippen LogP) is 2.12. The highest BCUT2D eigenvalue weighted by atomic mass is 16.5. The summed E-state index contributed by atoms with van der Waals surface area (Å²) in [6.07, 6.45) is 2.42. The topological polar surface area (TPSA) is 106 Å². The number of nitrogens with one attached hydrogen (secondary N) is 1. The molecule has 1 saturated carbocycles. The molecule has 1 aromatic carbocycles. The molecule has 4 rings (SSSR count). The zero-order valence-corrected chi connectivity index (χ0v) is 14.2. The number of hydrogen-bond acceptors (Lipinski definition) is 6. The molecule has 2 N–H and O–H groups in total. The Morgan fingerprint density at radius 2 is 2.12 bits per heavy atom. The van der Waals surface area contributed by atoms with Crippen molar-refractivity contribution in [2.75, 3.05) is 0 Å². The molecule has 8 nitrogen and oxygen atoms in total. The van der Waals surface area contributed by atoms with Gasteiger partial charge in [0.05, 0.1) is 24.0 Å². The maximum absolute atomic E-state index is 12.4. The molecule has 1 atom stereocenters. The van der Waals surface area contributed by atoms with Crippen molar-refractivity contribution in [3.05, 3.63) is 54.0 Å². The fourth-order valence-corrected chi connectivity index (χ4v) is 3.12. The lowest BCUT2D eigenvalue weighted by Gasteiger charge is -2.36. The van der Waals surface area contributed by atoms with E-state index in [-0.39, 0.29) is 23.7 Å². The zero-order chi connectivity index (χ0) is 18.1. The van der Waals surface area contributed by atoms with E-state index in [4.69, 9.17) is 4.52 Å². The molecule has 1 aliphatic carbocycles. The van der Waals surface area contributed by atoms with Crippen LogP contribution in [0.2, 0.25) is 0 Å². The van der Waals surface area contributed by atoms with Crippen LogP contribution in [-0.2, 0) is 0 Å². The molecule has 1 amide bonds. The van der Waals surface area contributed by atoms with Gasteiger partial charge in [0.25, 0.3) is 5.91 Å². The molecule has 3 aromatic rings. The van der Waals surface area contributed by atoms with Gasteiger partial charge >= 0.3 is 0 Å². The van der Waals surface area contributed by atoms with Crippen LogP contribution < -0.4 is 5.32 Å². The van der Waals surface area contributed by atoms with Gasteiger partial charge in [-0.3, -0.25) is 4.79 Å². The minimum absolute atomic E-state index is 0.0374. The molecular formula is C18H19N5O3. The monoisotopic (exact) mass is 353 g/mol. The average molecular weight is 353 g/mol. The molecule has 0 bridgehead atoms. The second-order valence-corrected chi connectivity index (χ2v) is 6.52. The summed E-state index contributed by atoms with van der Waals surface area (Å²) >= 11 is 0. The molecule has 0 spiro atoms. The number of carbonyl (C=O) groups excluding carboxylic acids is 1. The number of hydrogen-bond donors (Lipinski definition) is 2. The lowest BCUT2D eigenvalue weighted by molar-refractivity contribution is 0.0870. The van der Waals surface area contributed by atoms with Crippen molar-refractivity contribution in [2.24, 2.45) is 0 Å². The fourth-order valence-electron chi connectivity index (χ4n) is 3.12. The van der Waals surface area contributed by atoms with Crippen molar-refractivity contribution in [2.45, 2.75) is 38.0 Å². The van der Waals surface area contributed by atoms with Crippen molar-refractivity contribution in [3.63, 3.8) is 0 Å². The molecule has 0 unspecified atom stereocenters. The van der Waals surface area contributed by atoms with Crippen LogP contribution in [-0.4, -0.2) is 37.2 Å². The van der Waals surface area contributed by atoms with Crippen LogP contribution in [0.15, 0.2) is 47.1 Å². The van der Waals surface area contributed by atoms with Gasteiger partial charge in [0.2, 0.25) is 0 Å². The Morgan fingerprint density at radius 3 is 2.85 bits per heavy atom. The van der Waals surface area contributed by atoms with Crippen LogP contribution in [0, 0.1) is 0 Å². The van der Waals surface area contributed by atoms with E-state index < -0.39 is 6.10 Å². The van der Waals surface area contributed by atoms with Gasteiger partial charge in [-0.2, -0.15) is 0 Å². The Balaban J connectivity index is 1.36. The van der Waals surface area contributed by atoms with Gasteiger partial charge in [-0.15, -0.1) is 5.10 Å². The van der Waals surface area contributed by atoms with E-state index in [1.807, 2.05) is 30.3 Å². The second kappa shape index (κ2) is 6.72. The van der Waals surface area contributed by atoms with Crippen molar-refractivity contribution in [3.8, 4) is 11.3 Å². The molecule has 1 fully saturated rings. The van der Waals surface area contributed by atoms with E-state index in [1.165, 1.54) is 0 Å². The van der Waals surface area contributed by atoms with E-state index in [9.17, 15) is 9.90 Å². The number of amides is 1. The summed E-state index contributed by atoms with van der Waals surface area (Å²) in [4.78, 5) is 12.4. The summed E-state index contributed by atoms with van der Waals surface area (Å²) in [5.74, 6) is 0.306. The van der Waals surface area contributed by atoms with Crippen LogP contribution >= 0.6 is 0 Å². The van der Waals surface area contributed by atoms with Crippen LogP contribution in [0.25, 0.3) is 11.3 Å². The summed E-state index contributed by atoms with van der Waals surface area (Å²) < 4.78 is 7.00. The molecule has 2 aromatic heterocycles. The summed E-state index contributed by atoms with van der Waals surface area (Å²) in [5, 5.41) is 24.4. The summed E-state index contributed by atoms with van der Waals surface area (Å²) in [5.41, 5.74) is 1.82. The number of aromatic nitrogens is 4. The Hall–Kier alpha value is -3.00. The normalized spacial score (nSPS) is 20.4. The maximum Gasteiger partial charge on any atom is 0.273 e. The SMILES string of the molecule is C[C@H](O)c1cnnn1C1CC(NC(=O)c2cc(-c3ccccc3)on2)C1. The number of rotatable bonds is 5. The first kappa shape index (κ1) is 16.5. The molecule has 0 radical (unpaired) electrons. The van der Waals surface area contributed by atoms with Crippen LogP contribution in [0.1, 0.15) is 48.1 Å². The maximum atomic E-state index is 12.4. The third-order valence-corrected chi connectivity index (χ3v) is 4.63. The summed E-state index contributed by atoms with van der Waals surface area (Å²) in [7, 11) is 0. The molecule has 2 heterocycles. The lowest BCUT2D eigenvalue weighted by Crippen LogP contribution is -2.45. The molecule has 1 aliphatic rings. The highest BCUT2D eigenvalue weighted by Crippen LogP contribution is 2.33. The van der Waals surface area contributed by atoms with Gasteiger partial charge in [0.1, 0.15) is 0 Å². The molecule has 134 valence electrons. The Morgan fingerprint density at radius 1 is 1.35 bits per heavy atom. The van der Waals surface area contributed by atoms with Gasteiger partial charge in [-0.05, 0) is 19.8 Å². The Bertz CT molecular complexity index is 896. The molecule has 26 heavy (non-hydrogen) atoms. The predicted molar refractivity (Wildman–Crippen MR) is 92.1 cm³/mol. The van der Waals surface area contributed by atoms with Crippen molar-refractivity contribution >= 4 is 5.91 Å². The summed E-state index contributed by atoms with van der Waals surface area (Å²) in [6.45, 7) is 1.68. The van der Waals surface area contributed by atoms with Gasteiger partial charge in [0.15, 0.2) is 11.5 Å². The minimum atomic E-state index is -0.620. The average Bonchev–Trinajstić information content (AvgIpc) is 3.27. The molecule has 0 saturated heterocycles. The number of aliphatic hydroxyl groups excluding tert-OH is 1. The zero-order valence-electron chi connectivity index (χ0n) is 14.2. The van der Waals surface area contributed by atoms with Crippen molar-refractivity contribution < 1.29 is 14.4 Å². The molecule has 8 heteroatoms. The van der Waals surface area contributed by atoms with E-state index in [0.717, 1.165) is 18.4 Å². The van der Waals surface area contributed by atoms with Crippen molar-refractivity contribution in [1.82, 2.24) is 25.5 Å². The summed E-state index contributed by atoms with van der Waals surface area (Å²) in [6, 6.07) is 11.3. The quantitative estimate of drug-likeness (QED) is 0.728. The second-order valence-electron chi connectivity index (χ2n) is 6.52. The third kappa shape index (κ3) is 3.11. The lowest BCUT2D eigenvalue weighted by atomic mass is 9.86. The van der Waals surface area contributed by atoms with Crippen LogP contribution in [0.4, 0.5) is 0 Å². The molecular weight excluding hydrogens is 334 g/mol. The van der Waals surface area contributed by atoms with Crippen LogP contribution in [0.5, 0.6) is 0 Å². The highest BCUT2D eigenvalue weighted by molar-refractivity contribution is 5.93. The number of aliphatic hydroxyl groups is 1. The smallest absolute Gasteiger partial charge is 0.273 e. The van der Waals surface area contributed by atoms with Gasteiger partial charge < -0.3 is 14.9 Å².